The van der Waals surface area contributed by atoms with Crippen molar-refractivity contribution in [1.82, 2.24) is 10.3 Å². The lowest BCUT2D eigenvalue weighted by Crippen LogP contribution is -2.27. The molecule has 0 atom stereocenters. The lowest BCUT2D eigenvalue weighted by Gasteiger charge is -2.21. The normalized spacial score (nSPS) is 17.6. The zero-order valence-corrected chi connectivity index (χ0v) is 8.03. The average molecular weight is 187 g/mol. The van der Waals surface area contributed by atoms with Crippen molar-refractivity contribution in [3.05, 3.63) is 29.6 Å². The summed E-state index contributed by atoms with van der Waals surface area (Å²) in [5.74, 6) is 0.532. The molecule has 1 aromatic rings. The summed E-state index contributed by atoms with van der Waals surface area (Å²) < 4.78 is 0. The van der Waals surface area contributed by atoms with Crippen LogP contribution in [0.3, 0.4) is 0 Å². The van der Waals surface area contributed by atoms with E-state index in [1.807, 2.05) is 6.07 Å². The van der Waals surface area contributed by atoms with Crippen LogP contribution < -0.4 is 5.32 Å². The molecule has 0 aromatic carbocycles. The Labute approximate surface area is 83.8 Å². The minimum Gasteiger partial charge on any atom is -0.317 e. The minimum atomic E-state index is 0.532. The fourth-order valence-electron chi connectivity index (χ4n) is 1.86. The van der Waals surface area contributed by atoms with E-state index < -0.39 is 0 Å². The van der Waals surface area contributed by atoms with Gasteiger partial charge in [0.25, 0.3) is 0 Å². The van der Waals surface area contributed by atoms with Gasteiger partial charge in [0.05, 0.1) is 11.6 Å². The number of nitrogens with one attached hydrogen (secondary N) is 1. The second kappa shape index (κ2) is 4.21. The summed E-state index contributed by atoms with van der Waals surface area (Å²) in [5.41, 5.74) is 1.79. The van der Waals surface area contributed by atoms with Gasteiger partial charge in [0.15, 0.2) is 0 Å². The van der Waals surface area contributed by atoms with Crippen LogP contribution in [0, 0.1) is 11.3 Å². The highest BCUT2D eigenvalue weighted by atomic mass is 14.9. The van der Waals surface area contributed by atoms with Gasteiger partial charge in [-0.3, -0.25) is 4.98 Å². The second-order valence-corrected chi connectivity index (χ2v) is 3.61. The molecule has 2 rings (SSSR count). The van der Waals surface area contributed by atoms with Crippen LogP contribution >= 0.6 is 0 Å². The van der Waals surface area contributed by atoms with Crippen LogP contribution in [-0.2, 0) is 0 Å². The maximum atomic E-state index is 8.77. The number of aromatic nitrogens is 1. The van der Waals surface area contributed by atoms with E-state index >= 15 is 0 Å². The summed E-state index contributed by atoms with van der Waals surface area (Å²) in [4.78, 5) is 4.33. The molecule has 0 saturated carbocycles. The zero-order valence-electron chi connectivity index (χ0n) is 8.03. The molecule has 1 saturated heterocycles. The van der Waals surface area contributed by atoms with E-state index in [2.05, 4.69) is 16.4 Å². The van der Waals surface area contributed by atoms with E-state index in [0.717, 1.165) is 31.6 Å². The van der Waals surface area contributed by atoms with Gasteiger partial charge in [-0.05, 0) is 38.1 Å². The summed E-state index contributed by atoms with van der Waals surface area (Å²) in [6.07, 6.45) is 3.99. The van der Waals surface area contributed by atoms with Crippen LogP contribution in [-0.4, -0.2) is 18.1 Å². The van der Waals surface area contributed by atoms with Gasteiger partial charge in [0, 0.05) is 17.8 Å². The van der Waals surface area contributed by atoms with E-state index in [4.69, 9.17) is 5.26 Å². The van der Waals surface area contributed by atoms with Crippen molar-refractivity contribution in [2.24, 2.45) is 0 Å². The Morgan fingerprint density at radius 2 is 2.21 bits per heavy atom. The first-order valence-corrected chi connectivity index (χ1v) is 4.97. The number of nitriles is 1. The Hall–Kier alpha value is -1.40. The predicted octanol–water partition coefficient (Wildman–Crippen LogP) is 1.42. The Kier molecular flexibility index (Phi) is 2.76. The fraction of sp³-hybridized carbons (Fsp3) is 0.455. The van der Waals surface area contributed by atoms with Crippen molar-refractivity contribution in [1.29, 1.82) is 5.26 Å². The quantitative estimate of drug-likeness (QED) is 0.723. The fourth-order valence-corrected chi connectivity index (χ4v) is 1.86. The maximum absolute atomic E-state index is 8.77. The highest BCUT2D eigenvalue weighted by molar-refractivity contribution is 5.30. The monoisotopic (exact) mass is 187 g/mol. The lowest BCUT2D eigenvalue weighted by molar-refractivity contribution is 0.453. The molecule has 0 amide bonds. The van der Waals surface area contributed by atoms with Gasteiger partial charge in [-0.15, -0.1) is 0 Å². The molecule has 0 radical (unpaired) electrons. The number of hydrogen-bond donors (Lipinski definition) is 1. The molecule has 0 bridgehead atoms. The molecule has 2 heterocycles. The van der Waals surface area contributed by atoms with Gasteiger partial charge in [0.2, 0.25) is 0 Å². The van der Waals surface area contributed by atoms with Gasteiger partial charge >= 0.3 is 0 Å². The third-order valence-electron chi connectivity index (χ3n) is 2.67. The van der Waals surface area contributed by atoms with Crippen LogP contribution in [0.15, 0.2) is 18.3 Å². The highest BCUT2D eigenvalue weighted by Gasteiger charge is 2.16. The summed E-state index contributed by atoms with van der Waals surface area (Å²) >= 11 is 0. The van der Waals surface area contributed by atoms with Gasteiger partial charge < -0.3 is 5.32 Å². The van der Waals surface area contributed by atoms with Crippen molar-refractivity contribution in [3.63, 3.8) is 0 Å². The molecule has 1 fully saturated rings. The van der Waals surface area contributed by atoms with E-state index in [0.29, 0.717) is 11.5 Å². The van der Waals surface area contributed by atoms with Gasteiger partial charge in [0.1, 0.15) is 0 Å². The van der Waals surface area contributed by atoms with E-state index in [1.54, 1.807) is 12.3 Å². The Morgan fingerprint density at radius 1 is 1.43 bits per heavy atom. The molecule has 0 spiro atoms. The summed E-state index contributed by atoms with van der Waals surface area (Å²) in [6.45, 7) is 2.12. The van der Waals surface area contributed by atoms with Gasteiger partial charge in [-0.1, -0.05) is 0 Å². The van der Waals surface area contributed by atoms with Crippen molar-refractivity contribution in [2.75, 3.05) is 13.1 Å². The van der Waals surface area contributed by atoms with Crippen molar-refractivity contribution < 1.29 is 0 Å². The smallest absolute Gasteiger partial charge is 0.0992 e. The number of piperidine rings is 1. The standard InChI is InChI=1S/C11H13N3/c12-8-9-1-6-14-11(7-9)10-2-4-13-5-3-10/h1,6-7,10,13H,2-5H2. The Bertz CT molecular complexity index is 348. The molecule has 3 heteroatoms. The third kappa shape index (κ3) is 1.91. The lowest BCUT2D eigenvalue weighted by atomic mass is 9.93. The predicted molar refractivity (Wildman–Crippen MR) is 53.8 cm³/mol. The topological polar surface area (TPSA) is 48.7 Å². The van der Waals surface area contributed by atoms with Crippen LogP contribution in [0.2, 0.25) is 0 Å². The van der Waals surface area contributed by atoms with Crippen LogP contribution in [0.5, 0.6) is 0 Å². The first-order valence-electron chi connectivity index (χ1n) is 4.97. The van der Waals surface area contributed by atoms with Crippen molar-refractivity contribution in [2.45, 2.75) is 18.8 Å². The maximum Gasteiger partial charge on any atom is 0.0992 e. The molecule has 1 aliphatic heterocycles. The molecule has 1 N–H and O–H groups in total. The molecule has 0 unspecified atom stereocenters. The van der Waals surface area contributed by atoms with Gasteiger partial charge in [-0.2, -0.15) is 5.26 Å². The Morgan fingerprint density at radius 3 is 2.93 bits per heavy atom. The highest BCUT2D eigenvalue weighted by Crippen LogP contribution is 2.23. The number of rotatable bonds is 1. The van der Waals surface area contributed by atoms with Gasteiger partial charge in [-0.25, -0.2) is 0 Å². The number of hydrogen-bond acceptors (Lipinski definition) is 3. The Balaban J connectivity index is 2.18. The second-order valence-electron chi connectivity index (χ2n) is 3.61. The molecule has 0 aliphatic carbocycles. The molecule has 1 aliphatic rings. The molecular weight excluding hydrogens is 174 g/mol. The molecule has 72 valence electrons. The van der Waals surface area contributed by atoms with E-state index in [9.17, 15) is 0 Å². The van der Waals surface area contributed by atoms with Crippen LogP contribution in [0.25, 0.3) is 0 Å². The number of nitrogens with zero attached hydrogens (tertiary/aromatic N) is 2. The third-order valence-corrected chi connectivity index (χ3v) is 2.67. The summed E-state index contributed by atoms with van der Waals surface area (Å²) in [6, 6.07) is 5.82. The average Bonchev–Trinajstić information content (AvgIpc) is 2.30. The molecule has 14 heavy (non-hydrogen) atoms. The summed E-state index contributed by atoms with van der Waals surface area (Å²) in [7, 11) is 0. The largest absolute Gasteiger partial charge is 0.317 e. The van der Waals surface area contributed by atoms with E-state index in [1.165, 1.54) is 0 Å². The van der Waals surface area contributed by atoms with Crippen molar-refractivity contribution >= 4 is 0 Å². The zero-order chi connectivity index (χ0) is 9.80. The molecule has 1 aromatic heterocycles. The molecular formula is C11H13N3. The number of pyridine rings is 1. The van der Waals surface area contributed by atoms with Crippen LogP contribution in [0.1, 0.15) is 30.0 Å². The first-order chi connectivity index (χ1) is 6.90. The first kappa shape index (κ1) is 9.17. The SMILES string of the molecule is N#Cc1ccnc(C2CCNCC2)c1. The van der Waals surface area contributed by atoms with Crippen LogP contribution in [0.4, 0.5) is 0 Å². The van der Waals surface area contributed by atoms with E-state index in [-0.39, 0.29) is 0 Å². The van der Waals surface area contributed by atoms with Crippen molar-refractivity contribution in [3.8, 4) is 6.07 Å². The minimum absolute atomic E-state index is 0.532. The molecule has 3 nitrogen and oxygen atoms in total. The summed E-state index contributed by atoms with van der Waals surface area (Å²) in [5, 5.41) is 12.1.